The van der Waals surface area contributed by atoms with Crippen molar-refractivity contribution in [1.29, 1.82) is 0 Å². The normalized spacial score (nSPS) is 19.0. The van der Waals surface area contributed by atoms with Gasteiger partial charge in [0.25, 0.3) is 5.91 Å². The van der Waals surface area contributed by atoms with Crippen LogP contribution in [-0.2, 0) is 21.2 Å². The summed E-state index contributed by atoms with van der Waals surface area (Å²) >= 11 is 6.22. The Balaban J connectivity index is 1.55. The molecule has 0 spiro atoms. The molecule has 2 aromatic carbocycles. The maximum absolute atomic E-state index is 13.1. The average Bonchev–Trinajstić information content (AvgIpc) is 2.75. The Bertz CT molecular complexity index is 1220. The fourth-order valence-corrected chi connectivity index (χ4v) is 5.75. The number of piperazine rings is 1. The molecule has 0 aliphatic carbocycles. The van der Waals surface area contributed by atoms with Crippen LogP contribution >= 0.6 is 11.6 Å². The SMILES string of the molecule is CN1CCN(S(=O)(=O)c2cc(NC(=O)c3ccc4c(c3)CC(=O)C(C)(C)O4)ccc2Cl)CC1. The molecule has 1 N–H and O–H groups in total. The quantitative estimate of drug-likeness (QED) is 0.706. The molecule has 1 amide bonds. The Hall–Kier alpha value is -2.46. The van der Waals surface area contributed by atoms with E-state index in [1.807, 2.05) is 7.05 Å². The zero-order valence-electron chi connectivity index (χ0n) is 18.7. The van der Waals surface area contributed by atoms with Crippen molar-refractivity contribution in [1.82, 2.24) is 9.21 Å². The highest BCUT2D eigenvalue weighted by atomic mass is 35.5. The lowest BCUT2D eigenvalue weighted by atomic mass is 9.92. The number of sulfonamides is 1. The lowest BCUT2D eigenvalue weighted by molar-refractivity contribution is -0.132. The van der Waals surface area contributed by atoms with Gasteiger partial charge in [-0.05, 0) is 57.3 Å². The molecule has 2 heterocycles. The number of fused-ring (bicyclic) bond motifs is 1. The van der Waals surface area contributed by atoms with E-state index in [-0.39, 0.29) is 22.1 Å². The zero-order chi connectivity index (χ0) is 24.0. The number of carbonyl (C=O) groups is 2. The van der Waals surface area contributed by atoms with Gasteiger partial charge in [0.15, 0.2) is 11.4 Å². The second-order valence-corrected chi connectivity index (χ2v) is 11.2. The highest BCUT2D eigenvalue weighted by molar-refractivity contribution is 7.89. The van der Waals surface area contributed by atoms with Crippen LogP contribution in [0, 0.1) is 0 Å². The first-order valence-corrected chi connectivity index (χ1v) is 12.4. The maximum Gasteiger partial charge on any atom is 0.255 e. The van der Waals surface area contributed by atoms with E-state index in [2.05, 4.69) is 10.2 Å². The molecule has 8 nitrogen and oxygen atoms in total. The number of hydrogen-bond acceptors (Lipinski definition) is 6. The van der Waals surface area contributed by atoms with E-state index in [0.717, 1.165) is 0 Å². The molecular formula is C23H26ClN3O5S. The van der Waals surface area contributed by atoms with E-state index in [1.54, 1.807) is 38.1 Å². The minimum absolute atomic E-state index is 0.0433. The van der Waals surface area contributed by atoms with Gasteiger partial charge in [-0.15, -0.1) is 0 Å². The van der Waals surface area contributed by atoms with Gasteiger partial charge >= 0.3 is 0 Å². The monoisotopic (exact) mass is 491 g/mol. The summed E-state index contributed by atoms with van der Waals surface area (Å²) in [5, 5.41) is 2.82. The first-order valence-electron chi connectivity index (χ1n) is 10.6. The van der Waals surface area contributed by atoms with Gasteiger partial charge in [-0.2, -0.15) is 4.31 Å². The average molecular weight is 492 g/mol. The van der Waals surface area contributed by atoms with E-state index in [0.29, 0.717) is 48.7 Å². The first kappa shape index (κ1) is 23.7. The Labute approximate surface area is 198 Å². The van der Waals surface area contributed by atoms with Crippen LogP contribution in [0.4, 0.5) is 5.69 Å². The number of nitrogens with one attached hydrogen (secondary N) is 1. The molecule has 0 bridgehead atoms. The Morgan fingerprint density at radius 3 is 2.48 bits per heavy atom. The summed E-state index contributed by atoms with van der Waals surface area (Å²) in [4.78, 5) is 27.1. The van der Waals surface area contributed by atoms with E-state index in [4.69, 9.17) is 16.3 Å². The van der Waals surface area contributed by atoms with Gasteiger partial charge in [0.2, 0.25) is 10.0 Å². The Morgan fingerprint density at radius 2 is 1.79 bits per heavy atom. The van der Waals surface area contributed by atoms with Crippen LogP contribution in [0.1, 0.15) is 29.8 Å². The van der Waals surface area contributed by atoms with Crippen LogP contribution in [0.25, 0.3) is 0 Å². The predicted octanol–water partition coefficient (Wildman–Crippen LogP) is 2.81. The zero-order valence-corrected chi connectivity index (χ0v) is 20.3. The molecule has 2 aliphatic heterocycles. The molecule has 10 heteroatoms. The maximum atomic E-state index is 13.1. The van der Waals surface area contributed by atoms with E-state index < -0.39 is 21.5 Å². The molecule has 2 aliphatic rings. The number of benzene rings is 2. The molecule has 2 aromatic rings. The third-order valence-corrected chi connectivity index (χ3v) is 8.36. The van der Waals surface area contributed by atoms with Crippen molar-refractivity contribution in [3.63, 3.8) is 0 Å². The standard InChI is InChI=1S/C23H26ClN3O5S/c1-23(2)21(28)13-16-12-15(4-7-19(16)32-23)22(29)25-17-5-6-18(24)20(14-17)33(30,31)27-10-8-26(3)9-11-27/h4-7,12,14H,8-11,13H2,1-3H3,(H,25,29). The molecule has 1 saturated heterocycles. The van der Waals surface area contributed by atoms with Crippen molar-refractivity contribution >= 4 is 39.0 Å². The number of nitrogens with zero attached hydrogens (tertiary/aromatic N) is 2. The molecule has 0 radical (unpaired) electrons. The lowest BCUT2D eigenvalue weighted by Crippen LogP contribution is -2.47. The van der Waals surface area contributed by atoms with Crippen molar-refractivity contribution in [2.45, 2.75) is 30.8 Å². The number of likely N-dealkylation sites (N-methyl/N-ethyl adjacent to an activating group) is 1. The van der Waals surface area contributed by atoms with Crippen molar-refractivity contribution in [2.24, 2.45) is 0 Å². The second kappa shape index (κ2) is 8.72. The fraction of sp³-hybridized carbons (Fsp3) is 0.391. The number of Topliss-reactive ketones (excluding diaryl/α,β-unsaturated/α-hetero) is 1. The molecule has 176 valence electrons. The van der Waals surface area contributed by atoms with Crippen LogP contribution in [0.2, 0.25) is 5.02 Å². The topological polar surface area (TPSA) is 96.0 Å². The summed E-state index contributed by atoms with van der Waals surface area (Å²) in [6.07, 6.45) is 0.178. The van der Waals surface area contributed by atoms with Crippen molar-refractivity contribution in [2.75, 3.05) is 38.5 Å². The molecule has 0 aromatic heterocycles. The van der Waals surface area contributed by atoms with Gasteiger partial charge in [0.1, 0.15) is 10.6 Å². The van der Waals surface area contributed by atoms with Crippen LogP contribution in [0.5, 0.6) is 5.75 Å². The number of ketones is 1. The number of hydrogen-bond donors (Lipinski definition) is 1. The lowest BCUT2D eigenvalue weighted by Gasteiger charge is -2.31. The molecule has 4 rings (SSSR count). The third kappa shape index (κ3) is 4.77. The number of amides is 1. The molecule has 0 saturated carbocycles. The van der Waals surface area contributed by atoms with Gasteiger partial charge in [-0.1, -0.05) is 11.6 Å². The molecule has 1 fully saturated rings. The molecule has 0 unspecified atom stereocenters. The highest BCUT2D eigenvalue weighted by Crippen LogP contribution is 2.32. The van der Waals surface area contributed by atoms with Crippen molar-refractivity contribution < 1.29 is 22.7 Å². The van der Waals surface area contributed by atoms with Crippen LogP contribution in [-0.4, -0.2) is 68.1 Å². The number of halogens is 1. The fourth-order valence-electron chi connectivity index (χ4n) is 3.83. The third-order valence-electron chi connectivity index (χ3n) is 5.98. The number of carbonyl (C=O) groups excluding carboxylic acids is 2. The molecule has 0 atom stereocenters. The van der Waals surface area contributed by atoms with Crippen LogP contribution < -0.4 is 10.1 Å². The van der Waals surface area contributed by atoms with Gasteiger partial charge in [0, 0.05) is 49.4 Å². The molecule has 33 heavy (non-hydrogen) atoms. The summed E-state index contributed by atoms with van der Waals surface area (Å²) in [6, 6.07) is 9.29. The van der Waals surface area contributed by atoms with Gasteiger partial charge in [-0.3, -0.25) is 9.59 Å². The summed E-state index contributed by atoms with van der Waals surface area (Å²) in [5.74, 6) is 0.0764. The number of anilines is 1. The second-order valence-electron chi connectivity index (χ2n) is 8.84. The Morgan fingerprint density at radius 1 is 1.09 bits per heavy atom. The predicted molar refractivity (Wildman–Crippen MR) is 126 cm³/mol. The molecular weight excluding hydrogens is 466 g/mol. The Kier molecular flexibility index (Phi) is 6.26. The van der Waals surface area contributed by atoms with E-state index in [1.165, 1.54) is 16.4 Å². The van der Waals surface area contributed by atoms with Crippen LogP contribution in [0.3, 0.4) is 0 Å². The first-order chi connectivity index (χ1) is 15.5. The van der Waals surface area contributed by atoms with E-state index in [9.17, 15) is 18.0 Å². The van der Waals surface area contributed by atoms with E-state index >= 15 is 0 Å². The largest absolute Gasteiger partial charge is 0.480 e. The van der Waals surface area contributed by atoms with Crippen molar-refractivity contribution in [3.05, 3.63) is 52.5 Å². The smallest absolute Gasteiger partial charge is 0.255 e. The highest BCUT2D eigenvalue weighted by Gasteiger charge is 2.35. The van der Waals surface area contributed by atoms with Gasteiger partial charge in [0.05, 0.1) is 5.02 Å². The summed E-state index contributed by atoms with van der Waals surface area (Å²) in [6.45, 7) is 5.45. The minimum Gasteiger partial charge on any atom is -0.480 e. The minimum atomic E-state index is -3.80. The summed E-state index contributed by atoms with van der Waals surface area (Å²) < 4.78 is 33.4. The number of rotatable bonds is 4. The van der Waals surface area contributed by atoms with Gasteiger partial charge in [-0.25, -0.2) is 8.42 Å². The van der Waals surface area contributed by atoms with Crippen LogP contribution in [0.15, 0.2) is 41.3 Å². The summed E-state index contributed by atoms with van der Waals surface area (Å²) in [5.41, 5.74) is 0.388. The number of ether oxygens (including phenoxy) is 1. The summed E-state index contributed by atoms with van der Waals surface area (Å²) in [7, 11) is -1.86. The van der Waals surface area contributed by atoms with Crippen molar-refractivity contribution in [3.8, 4) is 5.75 Å². The van der Waals surface area contributed by atoms with Gasteiger partial charge < -0.3 is 15.0 Å².